The Morgan fingerprint density at radius 1 is 1.53 bits per heavy atom. The molecule has 0 spiro atoms. The molecule has 0 saturated carbocycles. The van der Waals surface area contributed by atoms with Gasteiger partial charge in [0.2, 0.25) is 0 Å². The lowest BCUT2D eigenvalue weighted by molar-refractivity contribution is 0.0553. The maximum atomic E-state index is 9.58. The van der Waals surface area contributed by atoms with Crippen molar-refractivity contribution in [1.82, 2.24) is 0 Å². The lowest BCUT2D eigenvalue weighted by Crippen LogP contribution is -2.22. The first-order valence-electron chi connectivity index (χ1n) is 5.24. The Labute approximate surface area is 115 Å². The minimum Gasteiger partial charge on any atom is -0.493 e. The van der Waals surface area contributed by atoms with Crippen molar-refractivity contribution < 1.29 is 9.84 Å². The minimum atomic E-state index is -0.737. The van der Waals surface area contributed by atoms with Gasteiger partial charge in [-0.1, -0.05) is 28.1 Å². The Bertz CT molecular complexity index is 415. The number of benzene rings is 1. The number of hydrogen-bond acceptors (Lipinski definition) is 3. The molecule has 17 heavy (non-hydrogen) atoms. The van der Waals surface area contributed by atoms with Crippen LogP contribution in [-0.2, 0) is 0 Å². The van der Waals surface area contributed by atoms with Gasteiger partial charge < -0.3 is 15.6 Å². The molecule has 1 aromatic carbocycles. The zero-order chi connectivity index (χ0) is 13.1. The summed E-state index contributed by atoms with van der Waals surface area (Å²) in [6, 6.07) is 5.49. The van der Waals surface area contributed by atoms with Crippen LogP contribution in [0.5, 0.6) is 5.75 Å². The van der Waals surface area contributed by atoms with Crippen LogP contribution in [0.15, 0.2) is 22.7 Å². The number of halogens is 1. The third-order valence-electron chi connectivity index (χ3n) is 2.18. The normalized spacial score (nSPS) is 11.3. The number of hydrogen-bond donors (Lipinski definition) is 2. The highest BCUT2D eigenvalue weighted by atomic mass is 79.9. The molecule has 0 amide bonds. The molecule has 3 N–H and O–H groups in total. The van der Waals surface area contributed by atoms with E-state index < -0.39 is 5.60 Å². The smallest absolute Gasteiger partial charge is 0.129 e. The van der Waals surface area contributed by atoms with Crippen LogP contribution in [0.25, 0.3) is 0 Å². The summed E-state index contributed by atoms with van der Waals surface area (Å²) in [6.45, 7) is 3.90. The average molecular weight is 318 g/mol. The Kier molecular flexibility index (Phi) is 4.91. The molecule has 5 heteroatoms. The van der Waals surface area contributed by atoms with Crippen molar-refractivity contribution in [3.63, 3.8) is 0 Å². The molecular weight excluding hydrogens is 302 g/mol. The van der Waals surface area contributed by atoms with Crippen molar-refractivity contribution in [2.75, 3.05) is 6.61 Å². The van der Waals surface area contributed by atoms with Gasteiger partial charge in [0.1, 0.15) is 10.7 Å². The second-order valence-electron chi connectivity index (χ2n) is 4.42. The van der Waals surface area contributed by atoms with E-state index in [4.69, 9.17) is 22.7 Å². The van der Waals surface area contributed by atoms with Gasteiger partial charge in [0.25, 0.3) is 0 Å². The average Bonchev–Trinajstić information content (AvgIpc) is 2.18. The number of aliphatic hydroxyl groups is 1. The van der Waals surface area contributed by atoms with E-state index in [0.717, 1.165) is 4.47 Å². The summed E-state index contributed by atoms with van der Waals surface area (Å²) in [6.07, 6.45) is 0.542. The zero-order valence-electron chi connectivity index (χ0n) is 9.87. The van der Waals surface area contributed by atoms with Gasteiger partial charge in [-0.05, 0) is 32.0 Å². The first kappa shape index (κ1) is 14.4. The van der Waals surface area contributed by atoms with Gasteiger partial charge in [-0.15, -0.1) is 0 Å². The summed E-state index contributed by atoms with van der Waals surface area (Å²) < 4.78 is 6.48. The van der Waals surface area contributed by atoms with Gasteiger partial charge in [-0.3, -0.25) is 0 Å². The van der Waals surface area contributed by atoms with Crippen LogP contribution < -0.4 is 10.5 Å². The van der Waals surface area contributed by atoms with E-state index in [9.17, 15) is 5.11 Å². The van der Waals surface area contributed by atoms with Gasteiger partial charge in [0, 0.05) is 10.9 Å². The van der Waals surface area contributed by atoms with E-state index in [1.54, 1.807) is 13.8 Å². The van der Waals surface area contributed by atoms with Crippen LogP contribution in [0.4, 0.5) is 0 Å². The highest BCUT2D eigenvalue weighted by Crippen LogP contribution is 2.23. The topological polar surface area (TPSA) is 55.5 Å². The number of nitrogens with two attached hydrogens (primary N) is 1. The molecule has 0 heterocycles. The maximum absolute atomic E-state index is 9.58. The van der Waals surface area contributed by atoms with E-state index >= 15 is 0 Å². The third-order valence-corrected chi connectivity index (χ3v) is 2.89. The van der Waals surface area contributed by atoms with Gasteiger partial charge in [0.05, 0.1) is 17.8 Å². The predicted molar refractivity (Wildman–Crippen MR) is 76.4 cm³/mol. The fourth-order valence-corrected chi connectivity index (χ4v) is 1.75. The number of ether oxygens (including phenoxy) is 1. The molecule has 1 aromatic rings. The highest BCUT2D eigenvalue weighted by Gasteiger charge is 2.13. The lowest BCUT2D eigenvalue weighted by atomic mass is 10.1. The van der Waals surface area contributed by atoms with Gasteiger partial charge in [0.15, 0.2) is 0 Å². The minimum absolute atomic E-state index is 0.296. The maximum Gasteiger partial charge on any atom is 0.129 e. The van der Waals surface area contributed by atoms with Gasteiger partial charge in [-0.2, -0.15) is 0 Å². The molecule has 0 aliphatic rings. The Morgan fingerprint density at radius 2 is 2.18 bits per heavy atom. The van der Waals surface area contributed by atoms with Crippen molar-refractivity contribution in [1.29, 1.82) is 0 Å². The van der Waals surface area contributed by atoms with E-state index in [2.05, 4.69) is 15.9 Å². The fourth-order valence-electron chi connectivity index (χ4n) is 1.23. The van der Waals surface area contributed by atoms with Crippen molar-refractivity contribution in [2.24, 2.45) is 5.73 Å². The van der Waals surface area contributed by atoms with Crippen molar-refractivity contribution in [3.8, 4) is 5.75 Å². The van der Waals surface area contributed by atoms with Gasteiger partial charge in [-0.25, -0.2) is 0 Å². The molecule has 94 valence electrons. The molecule has 0 radical (unpaired) electrons. The molecule has 0 fully saturated rings. The first-order valence-corrected chi connectivity index (χ1v) is 6.44. The standard InChI is InChI=1S/C12H16BrNO2S/c1-12(2,15)5-6-16-10-4-3-8(13)7-9(10)11(14)17/h3-4,7,15H,5-6H2,1-2H3,(H2,14,17). The molecular formula is C12H16BrNO2S. The number of rotatable bonds is 5. The number of thiocarbonyl (C=S) groups is 1. The van der Waals surface area contributed by atoms with Gasteiger partial charge >= 0.3 is 0 Å². The lowest BCUT2D eigenvalue weighted by Gasteiger charge is -2.18. The van der Waals surface area contributed by atoms with E-state index in [1.807, 2.05) is 18.2 Å². The van der Waals surface area contributed by atoms with E-state index in [-0.39, 0.29) is 0 Å². The second kappa shape index (κ2) is 5.80. The molecule has 0 aliphatic heterocycles. The summed E-state index contributed by atoms with van der Waals surface area (Å²) in [5.41, 5.74) is 5.58. The van der Waals surface area contributed by atoms with Crippen LogP contribution in [0.3, 0.4) is 0 Å². The first-order chi connectivity index (χ1) is 7.79. The van der Waals surface area contributed by atoms with Crippen LogP contribution in [-0.4, -0.2) is 22.3 Å². The van der Waals surface area contributed by atoms with Crippen molar-refractivity contribution in [2.45, 2.75) is 25.9 Å². The third kappa shape index (κ3) is 5.02. The zero-order valence-corrected chi connectivity index (χ0v) is 12.3. The second-order valence-corrected chi connectivity index (χ2v) is 5.77. The molecule has 3 nitrogen and oxygen atoms in total. The van der Waals surface area contributed by atoms with Crippen molar-refractivity contribution >= 4 is 33.1 Å². The Hall–Kier alpha value is -0.650. The monoisotopic (exact) mass is 317 g/mol. The quantitative estimate of drug-likeness (QED) is 0.820. The van der Waals surface area contributed by atoms with Crippen molar-refractivity contribution in [3.05, 3.63) is 28.2 Å². The highest BCUT2D eigenvalue weighted by molar-refractivity contribution is 9.10. The van der Waals surface area contributed by atoms with Crippen LogP contribution >= 0.6 is 28.1 Å². The molecule has 0 atom stereocenters. The summed E-state index contributed by atoms with van der Waals surface area (Å²) >= 11 is 8.31. The summed E-state index contributed by atoms with van der Waals surface area (Å²) in [4.78, 5) is 0.296. The summed E-state index contributed by atoms with van der Waals surface area (Å²) in [7, 11) is 0. The van der Waals surface area contributed by atoms with Crippen LogP contribution in [0, 0.1) is 0 Å². The molecule has 0 aromatic heterocycles. The Morgan fingerprint density at radius 3 is 2.71 bits per heavy atom. The summed E-state index contributed by atoms with van der Waals surface area (Å²) in [5.74, 6) is 0.643. The SMILES string of the molecule is CC(C)(O)CCOc1ccc(Br)cc1C(N)=S. The molecule has 0 aliphatic carbocycles. The predicted octanol–water partition coefficient (Wildman–Crippen LogP) is 2.62. The van der Waals surface area contributed by atoms with E-state index in [0.29, 0.717) is 29.3 Å². The van der Waals surface area contributed by atoms with E-state index in [1.165, 1.54) is 0 Å². The molecule has 0 unspecified atom stereocenters. The molecule has 1 rings (SSSR count). The molecule has 0 saturated heterocycles. The fraction of sp³-hybridized carbons (Fsp3) is 0.417. The Balaban J connectivity index is 2.74. The van der Waals surface area contributed by atoms with Crippen LogP contribution in [0.1, 0.15) is 25.8 Å². The summed E-state index contributed by atoms with van der Waals surface area (Å²) in [5, 5.41) is 9.58. The van der Waals surface area contributed by atoms with Crippen LogP contribution in [0.2, 0.25) is 0 Å². The largest absolute Gasteiger partial charge is 0.493 e. The molecule has 0 bridgehead atoms.